The summed E-state index contributed by atoms with van der Waals surface area (Å²) >= 11 is 0. The number of benzene rings is 1. The van der Waals surface area contributed by atoms with Crippen LogP contribution in [-0.2, 0) is 4.74 Å². The van der Waals surface area contributed by atoms with E-state index in [9.17, 15) is 4.79 Å². The first-order valence-electron chi connectivity index (χ1n) is 7.57. The van der Waals surface area contributed by atoms with Crippen molar-refractivity contribution < 1.29 is 9.53 Å². The first kappa shape index (κ1) is 14.2. The lowest BCUT2D eigenvalue weighted by Gasteiger charge is -2.40. The molecule has 1 aromatic rings. The van der Waals surface area contributed by atoms with Crippen LogP contribution in [0.3, 0.4) is 0 Å². The maximum atomic E-state index is 12.0. The molecule has 1 heterocycles. The molecule has 5 heteroatoms. The molecule has 2 unspecified atom stereocenters. The highest BCUT2D eigenvalue weighted by Gasteiger charge is 2.36. The number of carbonyl (C=O) groups excluding carboxylic acids is 1. The zero-order valence-corrected chi connectivity index (χ0v) is 12.7. The van der Waals surface area contributed by atoms with Crippen LogP contribution in [0.1, 0.15) is 29.6 Å². The normalized spacial score (nSPS) is 24.8. The summed E-state index contributed by atoms with van der Waals surface area (Å²) in [4.78, 5) is 15.9. The van der Waals surface area contributed by atoms with Crippen molar-refractivity contribution in [2.45, 2.75) is 31.4 Å². The van der Waals surface area contributed by atoms with Crippen LogP contribution in [0.4, 0.5) is 11.4 Å². The number of amides is 1. The Morgan fingerprint density at radius 3 is 2.90 bits per heavy atom. The minimum Gasteiger partial charge on any atom is -0.397 e. The number of ether oxygens (including phenoxy) is 1. The molecule has 2 N–H and O–H groups in total. The molecular weight excluding hydrogens is 266 g/mol. The number of rotatable bonds is 2. The van der Waals surface area contributed by atoms with Gasteiger partial charge in [-0.3, -0.25) is 4.79 Å². The lowest BCUT2D eigenvalue weighted by Crippen LogP contribution is -2.48. The third-order valence-electron chi connectivity index (χ3n) is 4.47. The molecule has 0 bridgehead atoms. The maximum absolute atomic E-state index is 12.0. The number of fused-ring (bicyclic) bond motifs is 1. The van der Waals surface area contributed by atoms with Crippen LogP contribution in [-0.4, -0.2) is 50.2 Å². The summed E-state index contributed by atoms with van der Waals surface area (Å²) in [6, 6.07) is 6.06. The molecule has 3 rings (SSSR count). The van der Waals surface area contributed by atoms with Gasteiger partial charge in [-0.2, -0.15) is 0 Å². The monoisotopic (exact) mass is 289 g/mol. The van der Waals surface area contributed by atoms with Crippen molar-refractivity contribution in [2.75, 3.05) is 37.9 Å². The molecule has 21 heavy (non-hydrogen) atoms. The van der Waals surface area contributed by atoms with E-state index in [1.54, 1.807) is 25.1 Å². The van der Waals surface area contributed by atoms with Crippen molar-refractivity contribution in [2.24, 2.45) is 0 Å². The molecule has 1 saturated carbocycles. The smallest absolute Gasteiger partial charge is 0.253 e. The van der Waals surface area contributed by atoms with E-state index in [0.29, 0.717) is 23.4 Å². The SMILES string of the molecule is CN(C)C(=O)c1ccc(N2CCOC3CCCC32)c(N)c1. The molecule has 2 atom stereocenters. The largest absolute Gasteiger partial charge is 0.397 e. The van der Waals surface area contributed by atoms with E-state index in [-0.39, 0.29) is 5.91 Å². The van der Waals surface area contributed by atoms with Gasteiger partial charge in [0.15, 0.2) is 0 Å². The van der Waals surface area contributed by atoms with Crippen LogP contribution in [0.25, 0.3) is 0 Å². The molecule has 0 radical (unpaired) electrons. The number of anilines is 2. The molecule has 114 valence electrons. The molecule has 1 aliphatic heterocycles. The summed E-state index contributed by atoms with van der Waals surface area (Å²) in [5.74, 6) is -0.0195. The van der Waals surface area contributed by atoms with Gasteiger partial charge in [-0.1, -0.05) is 0 Å². The molecular formula is C16H23N3O2. The standard InChI is InChI=1S/C16H23N3O2/c1-18(2)16(20)11-6-7-13(12(17)10-11)19-8-9-21-15-5-3-4-14(15)19/h6-7,10,14-15H,3-5,8-9,17H2,1-2H3. The Morgan fingerprint density at radius 2 is 2.19 bits per heavy atom. The number of hydrogen-bond donors (Lipinski definition) is 1. The first-order chi connectivity index (χ1) is 10.1. The summed E-state index contributed by atoms with van der Waals surface area (Å²) in [5.41, 5.74) is 8.57. The minimum absolute atomic E-state index is 0.0195. The van der Waals surface area contributed by atoms with Crippen LogP contribution in [0, 0.1) is 0 Å². The lowest BCUT2D eigenvalue weighted by molar-refractivity contribution is 0.0257. The van der Waals surface area contributed by atoms with Gasteiger partial charge in [0, 0.05) is 26.2 Å². The van der Waals surface area contributed by atoms with Gasteiger partial charge in [-0.25, -0.2) is 0 Å². The third kappa shape index (κ3) is 2.58. The van der Waals surface area contributed by atoms with Gasteiger partial charge in [0.2, 0.25) is 0 Å². The minimum atomic E-state index is -0.0195. The Bertz CT molecular complexity index is 544. The number of morpholine rings is 1. The van der Waals surface area contributed by atoms with E-state index in [1.807, 2.05) is 12.1 Å². The first-order valence-corrected chi connectivity index (χ1v) is 7.57. The molecule has 0 spiro atoms. The van der Waals surface area contributed by atoms with Crippen molar-refractivity contribution in [3.05, 3.63) is 23.8 Å². The number of nitrogens with two attached hydrogens (primary N) is 1. The maximum Gasteiger partial charge on any atom is 0.253 e. The predicted octanol–water partition coefficient (Wildman–Crippen LogP) is 1.73. The van der Waals surface area contributed by atoms with Crippen molar-refractivity contribution in [3.63, 3.8) is 0 Å². The van der Waals surface area contributed by atoms with Gasteiger partial charge in [0.25, 0.3) is 5.91 Å². The Balaban J connectivity index is 1.87. The summed E-state index contributed by atoms with van der Waals surface area (Å²) < 4.78 is 5.84. The van der Waals surface area contributed by atoms with Crippen molar-refractivity contribution in [1.29, 1.82) is 0 Å². The number of hydrogen-bond acceptors (Lipinski definition) is 4. The third-order valence-corrected chi connectivity index (χ3v) is 4.47. The van der Waals surface area contributed by atoms with E-state index < -0.39 is 0 Å². The Morgan fingerprint density at radius 1 is 1.38 bits per heavy atom. The average Bonchev–Trinajstić information content (AvgIpc) is 2.94. The fourth-order valence-electron chi connectivity index (χ4n) is 3.43. The predicted molar refractivity (Wildman–Crippen MR) is 83.6 cm³/mol. The van der Waals surface area contributed by atoms with E-state index in [1.165, 1.54) is 6.42 Å². The zero-order valence-electron chi connectivity index (χ0n) is 12.7. The number of nitrogen functional groups attached to an aromatic ring is 1. The highest BCUT2D eigenvalue weighted by Crippen LogP contribution is 2.35. The fraction of sp³-hybridized carbons (Fsp3) is 0.562. The van der Waals surface area contributed by atoms with E-state index in [4.69, 9.17) is 10.5 Å². The second-order valence-corrected chi connectivity index (χ2v) is 6.07. The summed E-state index contributed by atoms with van der Waals surface area (Å²) in [6.07, 6.45) is 3.84. The van der Waals surface area contributed by atoms with Gasteiger partial charge in [0.1, 0.15) is 0 Å². The van der Waals surface area contributed by atoms with Crippen LogP contribution in [0.2, 0.25) is 0 Å². The molecule has 1 amide bonds. The quantitative estimate of drug-likeness (QED) is 0.842. The van der Waals surface area contributed by atoms with Crippen LogP contribution in [0.15, 0.2) is 18.2 Å². The fourth-order valence-corrected chi connectivity index (χ4v) is 3.43. The molecule has 5 nitrogen and oxygen atoms in total. The van der Waals surface area contributed by atoms with E-state index in [2.05, 4.69) is 4.90 Å². The summed E-state index contributed by atoms with van der Waals surface area (Å²) in [5, 5.41) is 0. The van der Waals surface area contributed by atoms with Gasteiger partial charge in [-0.05, 0) is 37.5 Å². The molecule has 1 aliphatic carbocycles. The van der Waals surface area contributed by atoms with Crippen LogP contribution >= 0.6 is 0 Å². The average molecular weight is 289 g/mol. The summed E-state index contributed by atoms with van der Waals surface area (Å²) in [7, 11) is 3.50. The zero-order chi connectivity index (χ0) is 15.0. The molecule has 1 aromatic carbocycles. The molecule has 1 saturated heterocycles. The van der Waals surface area contributed by atoms with Crippen molar-refractivity contribution in [1.82, 2.24) is 4.90 Å². The second-order valence-electron chi connectivity index (χ2n) is 6.07. The van der Waals surface area contributed by atoms with Crippen LogP contribution in [0.5, 0.6) is 0 Å². The van der Waals surface area contributed by atoms with Gasteiger partial charge < -0.3 is 20.3 Å². The van der Waals surface area contributed by atoms with Gasteiger partial charge in [0.05, 0.1) is 30.1 Å². The highest BCUT2D eigenvalue weighted by atomic mass is 16.5. The second kappa shape index (κ2) is 5.56. The number of carbonyl (C=O) groups is 1. The molecule has 2 fully saturated rings. The Hall–Kier alpha value is -1.75. The van der Waals surface area contributed by atoms with Crippen LogP contribution < -0.4 is 10.6 Å². The van der Waals surface area contributed by atoms with Crippen molar-refractivity contribution >= 4 is 17.3 Å². The summed E-state index contributed by atoms with van der Waals surface area (Å²) in [6.45, 7) is 1.62. The topological polar surface area (TPSA) is 58.8 Å². The van der Waals surface area contributed by atoms with E-state index >= 15 is 0 Å². The van der Waals surface area contributed by atoms with E-state index in [0.717, 1.165) is 31.7 Å². The number of nitrogens with zero attached hydrogens (tertiary/aromatic N) is 2. The Labute approximate surface area is 125 Å². The molecule has 2 aliphatic rings. The van der Waals surface area contributed by atoms with Gasteiger partial charge in [-0.15, -0.1) is 0 Å². The van der Waals surface area contributed by atoms with Crippen molar-refractivity contribution in [3.8, 4) is 0 Å². The highest BCUT2D eigenvalue weighted by molar-refractivity contribution is 5.95. The lowest BCUT2D eigenvalue weighted by atomic mass is 10.1. The van der Waals surface area contributed by atoms with Gasteiger partial charge >= 0.3 is 0 Å². The molecule has 0 aromatic heterocycles. The Kier molecular flexibility index (Phi) is 3.76.